The van der Waals surface area contributed by atoms with E-state index in [0.29, 0.717) is 36.3 Å². The summed E-state index contributed by atoms with van der Waals surface area (Å²) < 4.78 is 5.58. The minimum Gasteiger partial charge on any atom is -0.493 e. The first-order chi connectivity index (χ1) is 9.40. The molecule has 112 valence electrons. The van der Waals surface area contributed by atoms with Crippen molar-refractivity contribution < 1.29 is 24.9 Å². The summed E-state index contributed by atoms with van der Waals surface area (Å²) in [6.07, 6.45) is 1.12. The van der Waals surface area contributed by atoms with Crippen LogP contribution in [0.3, 0.4) is 0 Å². The zero-order valence-corrected chi connectivity index (χ0v) is 11.9. The minimum absolute atomic E-state index is 0.0892. The molecule has 0 aliphatic carbocycles. The Kier molecular flexibility index (Phi) is 5.98. The highest BCUT2D eigenvalue weighted by Crippen LogP contribution is 2.24. The quantitative estimate of drug-likeness (QED) is 0.634. The standard InChI is InChI=1S/C15H22O5/c1-15(2,14(18)19)6-3-7-20-13-8-11(9-16)4-5-12(13)10-17/h4-5,8,16-17H,3,6-7,9-10H2,1-2H3,(H,18,19). The highest BCUT2D eigenvalue weighted by Gasteiger charge is 2.26. The number of hydrogen-bond acceptors (Lipinski definition) is 4. The normalized spacial score (nSPS) is 11.4. The van der Waals surface area contributed by atoms with E-state index in [1.165, 1.54) is 0 Å². The molecular weight excluding hydrogens is 260 g/mol. The molecule has 0 amide bonds. The highest BCUT2D eigenvalue weighted by atomic mass is 16.5. The number of carboxylic acid groups (broad SMARTS) is 1. The fourth-order valence-corrected chi connectivity index (χ4v) is 1.77. The summed E-state index contributed by atoms with van der Waals surface area (Å²) in [5, 5.41) is 27.3. The van der Waals surface area contributed by atoms with Crippen LogP contribution in [0.25, 0.3) is 0 Å². The van der Waals surface area contributed by atoms with Crippen molar-refractivity contribution in [2.75, 3.05) is 6.61 Å². The minimum atomic E-state index is -0.823. The van der Waals surface area contributed by atoms with Gasteiger partial charge < -0.3 is 20.1 Å². The Hall–Kier alpha value is -1.59. The van der Waals surface area contributed by atoms with Crippen LogP contribution in [0.1, 0.15) is 37.8 Å². The summed E-state index contributed by atoms with van der Waals surface area (Å²) in [5.74, 6) is -0.289. The van der Waals surface area contributed by atoms with Crippen molar-refractivity contribution in [2.45, 2.75) is 39.9 Å². The maximum atomic E-state index is 11.0. The molecule has 1 rings (SSSR count). The number of hydrogen-bond donors (Lipinski definition) is 3. The topological polar surface area (TPSA) is 87.0 Å². The molecular formula is C15H22O5. The van der Waals surface area contributed by atoms with Gasteiger partial charge in [-0.15, -0.1) is 0 Å². The lowest BCUT2D eigenvalue weighted by molar-refractivity contribution is -0.147. The molecule has 0 unspecified atom stereocenters. The molecule has 0 saturated carbocycles. The van der Waals surface area contributed by atoms with Gasteiger partial charge in [0.05, 0.1) is 25.2 Å². The largest absolute Gasteiger partial charge is 0.493 e. The zero-order chi connectivity index (χ0) is 15.2. The van der Waals surface area contributed by atoms with E-state index in [0.717, 1.165) is 0 Å². The summed E-state index contributed by atoms with van der Waals surface area (Å²) in [7, 11) is 0. The molecule has 0 heterocycles. The van der Waals surface area contributed by atoms with Crippen LogP contribution in [0.2, 0.25) is 0 Å². The number of aliphatic carboxylic acids is 1. The average molecular weight is 282 g/mol. The number of rotatable bonds is 8. The Balaban J connectivity index is 2.55. The van der Waals surface area contributed by atoms with Gasteiger partial charge in [-0.05, 0) is 38.3 Å². The molecule has 0 spiro atoms. The first-order valence-corrected chi connectivity index (χ1v) is 6.60. The second-order valence-electron chi connectivity index (χ2n) is 5.40. The van der Waals surface area contributed by atoms with Gasteiger partial charge in [-0.3, -0.25) is 4.79 Å². The molecule has 0 fully saturated rings. The van der Waals surface area contributed by atoms with Crippen molar-refractivity contribution in [3.8, 4) is 5.75 Å². The van der Waals surface area contributed by atoms with Crippen LogP contribution in [-0.4, -0.2) is 27.9 Å². The highest BCUT2D eigenvalue weighted by molar-refractivity contribution is 5.73. The molecule has 0 aliphatic heterocycles. The third-order valence-corrected chi connectivity index (χ3v) is 3.27. The molecule has 20 heavy (non-hydrogen) atoms. The first-order valence-electron chi connectivity index (χ1n) is 6.60. The van der Waals surface area contributed by atoms with Gasteiger partial charge in [0.2, 0.25) is 0 Å². The van der Waals surface area contributed by atoms with Gasteiger partial charge in [0.1, 0.15) is 5.75 Å². The van der Waals surface area contributed by atoms with Crippen LogP contribution in [0.4, 0.5) is 0 Å². The number of aliphatic hydroxyl groups is 2. The monoisotopic (exact) mass is 282 g/mol. The number of carbonyl (C=O) groups is 1. The van der Waals surface area contributed by atoms with Crippen molar-refractivity contribution in [1.82, 2.24) is 0 Å². The van der Waals surface area contributed by atoms with E-state index < -0.39 is 11.4 Å². The van der Waals surface area contributed by atoms with Crippen molar-refractivity contribution in [1.29, 1.82) is 0 Å². The van der Waals surface area contributed by atoms with Crippen molar-refractivity contribution in [2.24, 2.45) is 5.41 Å². The predicted octanol–water partition coefficient (Wildman–Crippen LogP) is 1.94. The van der Waals surface area contributed by atoms with Crippen LogP contribution in [-0.2, 0) is 18.0 Å². The summed E-state index contributed by atoms with van der Waals surface area (Å²) in [6.45, 7) is 3.51. The molecule has 1 aromatic carbocycles. The van der Waals surface area contributed by atoms with Crippen LogP contribution < -0.4 is 4.74 Å². The molecule has 5 heteroatoms. The Morgan fingerprint density at radius 3 is 2.50 bits per heavy atom. The third kappa shape index (κ3) is 4.51. The van der Waals surface area contributed by atoms with E-state index in [-0.39, 0.29) is 13.2 Å². The van der Waals surface area contributed by atoms with Gasteiger partial charge >= 0.3 is 5.97 Å². The van der Waals surface area contributed by atoms with Crippen molar-refractivity contribution in [3.63, 3.8) is 0 Å². The molecule has 0 atom stereocenters. The van der Waals surface area contributed by atoms with Crippen LogP contribution >= 0.6 is 0 Å². The van der Waals surface area contributed by atoms with E-state index in [4.69, 9.17) is 14.9 Å². The van der Waals surface area contributed by atoms with E-state index in [1.54, 1.807) is 32.0 Å². The van der Waals surface area contributed by atoms with Crippen molar-refractivity contribution >= 4 is 5.97 Å². The Bertz CT molecular complexity index is 454. The summed E-state index contributed by atoms with van der Waals surface area (Å²) in [5.41, 5.74) is 0.596. The zero-order valence-electron chi connectivity index (χ0n) is 11.9. The van der Waals surface area contributed by atoms with Gasteiger partial charge in [-0.1, -0.05) is 12.1 Å². The van der Waals surface area contributed by atoms with Gasteiger partial charge in [-0.2, -0.15) is 0 Å². The second-order valence-corrected chi connectivity index (χ2v) is 5.40. The summed E-state index contributed by atoms with van der Waals surface area (Å²) in [4.78, 5) is 11.0. The average Bonchev–Trinajstić information content (AvgIpc) is 2.43. The molecule has 0 aliphatic rings. The smallest absolute Gasteiger partial charge is 0.309 e. The maximum absolute atomic E-state index is 11.0. The SMILES string of the molecule is CC(C)(CCCOc1cc(CO)ccc1CO)C(=O)O. The van der Waals surface area contributed by atoms with Crippen LogP contribution in [0.15, 0.2) is 18.2 Å². The summed E-state index contributed by atoms with van der Waals surface area (Å²) in [6, 6.07) is 5.13. The van der Waals surface area contributed by atoms with Crippen molar-refractivity contribution in [3.05, 3.63) is 29.3 Å². The molecule has 5 nitrogen and oxygen atoms in total. The lowest BCUT2D eigenvalue weighted by atomic mass is 9.88. The molecule has 0 aromatic heterocycles. The molecule has 3 N–H and O–H groups in total. The number of carboxylic acids is 1. The van der Waals surface area contributed by atoms with E-state index in [2.05, 4.69) is 0 Å². The fourth-order valence-electron chi connectivity index (χ4n) is 1.77. The number of ether oxygens (including phenoxy) is 1. The molecule has 0 saturated heterocycles. The lowest BCUT2D eigenvalue weighted by Crippen LogP contribution is -2.24. The van der Waals surface area contributed by atoms with Crippen LogP contribution in [0, 0.1) is 5.41 Å². The first kappa shape index (κ1) is 16.5. The maximum Gasteiger partial charge on any atom is 0.309 e. The molecule has 0 bridgehead atoms. The Morgan fingerprint density at radius 1 is 1.25 bits per heavy atom. The lowest BCUT2D eigenvalue weighted by Gasteiger charge is -2.19. The second kappa shape index (κ2) is 7.26. The Labute approximate surface area is 118 Å². The van der Waals surface area contributed by atoms with Gasteiger partial charge in [0.15, 0.2) is 0 Å². The predicted molar refractivity (Wildman–Crippen MR) is 74.4 cm³/mol. The van der Waals surface area contributed by atoms with E-state index in [1.807, 2.05) is 0 Å². The molecule has 1 aromatic rings. The van der Waals surface area contributed by atoms with Gasteiger partial charge in [-0.25, -0.2) is 0 Å². The third-order valence-electron chi connectivity index (χ3n) is 3.27. The molecule has 0 radical (unpaired) electrons. The number of aliphatic hydroxyl groups excluding tert-OH is 2. The summed E-state index contributed by atoms with van der Waals surface area (Å²) >= 11 is 0. The van der Waals surface area contributed by atoms with Crippen LogP contribution in [0.5, 0.6) is 5.75 Å². The Morgan fingerprint density at radius 2 is 1.95 bits per heavy atom. The van der Waals surface area contributed by atoms with E-state index >= 15 is 0 Å². The van der Waals surface area contributed by atoms with Gasteiger partial charge in [0.25, 0.3) is 0 Å². The van der Waals surface area contributed by atoms with Gasteiger partial charge in [0, 0.05) is 5.56 Å². The number of benzene rings is 1. The fraction of sp³-hybridized carbons (Fsp3) is 0.533. The van der Waals surface area contributed by atoms with E-state index in [9.17, 15) is 9.90 Å².